The van der Waals surface area contributed by atoms with Crippen LogP contribution in [-0.2, 0) is 21.4 Å². The van der Waals surface area contributed by atoms with Crippen molar-refractivity contribution < 1.29 is 31.6 Å². The number of carbonyl (C=O) groups excluding carboxylic acids is 3. The lowest BCUT2D eigenvalue weighted by Crippen LogP contribution is -2.50. The Hall–Kier alpha value is -5.33. The van der Waals surface area contributed by atoms with E-state index in [0.717, 1.165) is 23.8 Å². The van der Waals surface area contributed by atoms with Crippen molar-refractivity contribution in [2.24, 2.45) is 0 Å². The summed E-state index contributed by atoms with van der Waals surface area (Å²) in [4.78, 5) is 47.9. The van der Waals surface area contributed by atoms with E-state index in [9.17, 15) is 31.6 Å². The van der Waals surface area contributed by atoms with Gasteiger partial charge in [0.05, 0.1) is 4.90 Å². The number of imide groups is 1. The van der Waals surface area contributed by atoms with E-state index in [1.54, 1.807) is 12.3 Å². The number of nitrogens with one attached hydrogen (secondary N) is 2. The van der Waals surface area contributed by atoms with E-state index in [1.807, 2.05) is 6.07 Å². The number of sulfonamides is 1. The lowest BCUT2D eigenvalue weighted by molar-refractivity contribution is -0.120. The summed E-state index contributed by atoms with van der Waals surface area (Å²) in [5.74, 6) is -3.72. The average Bonchev–Trinajstić information content (AvgIpc) is 3.41. The Balaban J connectivity index is 1.04. The molecule has 2 aromatic heterocycles. The van der Waals surface area contributed by atoms with Gasteiger partial charge in [0, 0.05) is 57.6 Å². The number of nitrogens with two attached hydrogens (primary N) is 1. The second kappa shape index (κ2) is 12.8. The molecule has 0 saturated carbocycles. The minimum Gasteiger partial charge on any atom is -0.368 e. The fraction of sp³-hybridized carbons (Fsp3) is 0.241. The van der Waals surface area contributed by atoms with Crippen LogP contribution in [0.4, 0.5) is 37.0 Å². The van der Waals surface area contributed by atoms with E-state index >= 15 is 0 Å². The Kier molecular flexibility index (Phi) is 8.63. The fourth-order valence-corrected chi connectivity index (χ4v) is 6.58. The number of nitrogen functional groups attached to an aromatic ring is 1. The molecule has 0 atom stereocenters. The minimum atomic E-state index is -3.80. The molecule has 0 radical (unpaired) electrons. The van der Waals surface area contributed by atoms with Crippen molar-refractivity contribution in [2.45, 2.75) is 17.9 Å². The Labute approximate surface area is 267 Å². The number of aromatic nitrogens is 4. The summed E-state index contributed by atoms with van der Waals surface area (Å²) in [5, 5.41) is 8.96. The SMILES string of the molecule is Nc1nc(Nc2ccc(S(=O)(=O)N3CCN(Cc4ccc(N5CCC(=O)NC5=O)nc4)CC3)cc2)nn1C(=O)c1c(F)cccc1F. The molecule has 2 aliphatic rings. The molecule has 0 aliphatic carbocycles. The molecule has 2 fully saturated rings. The summed E-state index contributed by atoms with van der Waals surface area (Å²) in [7, 11) is -3.80. The first kappa shape index (κ1) is 31.6. The summed E-state index contributed by atoms with van der Waals surface area (Å²) in [6, 6.07) is 11.8. The van der Waals surface area contributed by atoms with E-state index in [1.165, 1.54) is 33.5 Å². The summed E-state index contributed by atoms with van der Waals surface area (Å²) in [5.41, 5.74) is 6.20. The maximum Gasteiger partial charge on any atom is 0.329 e. The van der Waals surface area contributed by atoms with Gasteiger partial charge in [-0.05, 0) is 48.0 Å². The molecule has 244 valence electrons. The molecule has 2 saturated heterocycles. The number of benzene rings is 2. The van der Waals surface area contributed by atoms with Gasteiger partial charge in [-0.1, -0.05) is 12.1 Å². The first-order valence-electron chi connectivity index (χ1n) is 14.4. The van der Waals surface area contributed by atoms with Crippen molar-refractivity contribution in [3.8, 4) is 0 Å². The second-order valence-electron chi connectivity index (χ2n) is 10.7. The number of rotatable bonds is 8. The monoisotopic (exact) mass is 666 g/mol. The average molecular weight is 667 g/mol. The second-order valence-corrected chi connectivity index (χ2v) is 12.7. The van der Waals surface area contributed by atoms with Gasteiger partial charge >= 0.3 is 6.03 Å². The van der Waals surface area contributed by atoms with Crippen LogP contribution >= 0.6 is 0 Å². The predicted octanol–water partition coefficient (Wildman–Crippen LogP) is 1.92. The first-order chi connectivity index (χ1) is 22.5. The highest BCUT2D eigenvalue weighted by molar-refractivity contribution is 7.89. The van der Waals surface area contributed by atoms with Crippen LogP contribution in [0.15, 0.2) is 65.7 Å². The molecule has 0 spiro atoms. The van der Waals surface area contributed by atoms with Crippen molar-refractivity contribution in [3.05, 3.63) is 83.6 Å². The van der Waals surface area contributed by atoms with Crippen LogP contribution in [-0.4, -0.2) is 87.9 Å². The Morgan fingerprint density at radius 1 is 0.957 bits per heavy atom. The lowest BCUT2D eigenvalue weighted by Gasteiger charge is -2.34. The molecule has 2 aliphatic heterocycles. The number of anilines is 4. The van der Waals surface area contributed by atoms with Crippen LogP contribution in [0.3, 0.4) is 0 Å². The van der Waals surface area contributed by atoms with Crippen LogP contribution in [0, 0.1) is 11.6 Å². The highest BCUT2D eigenvalue weighted by atomic mass is 32.2. The molecule has 0 unspecified atom stereocenters. The smallest absolute Gasteiger partial charge is 0.329 e. The molecule has 6 rings (SSSR count). The highest BCUT2D eigenvalue weighted by Gasteiger charge is 2.29. The summed E-state index contributed by atoms with van der Waals surface area (Å²) < 4.78 is 56.8. The Morgan fingerprint density at radius 2 is 1.66 bits per heavy atom. The van der Waals surface area contributed by atoms with E-state index in [4.69, 9.17) is 5.73 Å². The maximum atomic E-state index is 14.1. The van der Waals surface area contributed by atoms with Gasteiger partial charge in [-0.3, -0.25) is 24.7 Å². The van der Waals surface area contributed by atoms with Gasteiger partial charge in [-0.15, -0.1) is 5.10 Å². The van der Waals surface area contributed by atoms with Crippen molar-refractivity contribution >= 4 is 51.3 Å². The van der Waals surface area contributed by atoms with Crippen molar-refractivity contribution in [1.29, 1.82) is 0 Å². The van der Waals surface area contributed by atoms with Crippen molar-refractivity contribution in [3.63, 3.8) is 0 Å². The zero-order valence-corrected chi connectivity index (χ0v) is 25.5. The quantitative estimate of drug-likeness (QED) is 0.249. The Bertz CT molecular complexity index is 1930. The number of halogens is 2. The number of carbonyl (C=O) groups is 3. The lowest BCUT2D eigenvalue weighted by atomic mass is 10.2. The first-order valence-corrected chi connectivity index (χ1v) is 15.8. The van der Waals surface area contributed by atoms with Crippen molar-refractivity contribution in [2.75, 3.05) is 48.7 Å². The van der Waals surface area contributed by atoms with Gasteiger partial charge in [-0.25, -0.2) is 27.0 Å². The highest BCUT2D eigenvalue weighted by Crippen LogP contribution is 2.23. The standard InChI is InChI=1S/C29H28F2N10O5S/c30-21-2-1-3-22(31)25(21)26(43)41-27(32)36-28(37-41)34-19-5-7-20(8-6-19)47(45,46)39-14-12-38(13-15-39)17-18-4-9-23(33-16-18)40-11-10-24(42)35-29(40)44/h1-9,16H,10-15,17H2,(H,35,42,44)(H3,32,34,36,37). The number of nitrogens with zero attached hydrogens (tertiary/aromatic N) is 7. The van der Waals surface area contributed by atoms with E-state index in [2.05, 4.69) is 30.6 Å². The molecule has 4 heterocycles. The van der Waals surface area contributed by atoms with E-state index in [-0.39, 0.29) is 42.8 Å². The predicted molar refractivity (Wildman–Crippen MR) is 164 cm³/mol. The third-order valence-corrected chi connectivity index (χ3v) is 9.54. The van der Waals surface area contributed by atoms with Crippen LogP contribution in [0.25, 0.3) is 0 Å². The minimum absolute atomic E-state index is 0.0722. The van der Waals surface area contributed by atoms with Crippen LogP contribution in [0.1, 0.15) is 22.3 Å². The van der Waals surface area contributed by atoms with Gasteiger partial charge in [0.1, 0.15) is 23.0 Å². The molecular weight excluding hydrogens is 638 g/mol. The molecule has 15 nitrogen and oxygen atoms in total. The number of hydrogen-bond donors (Lipinski definition) is 3. The normalized spacial score (nSPS) is 16.3. The third kappa shape index (κ3) is 6.64. The van der Waals surface area contributed by atoms with Crippen molar-refractivity contribution in [1.82, 2.24) is 34.3 Å². The zero-order valence-electron chi connectivity index (χ0n) is 24.6. The van der Waals surface area contributed by atoms with E-state index < -0.39 is 45.1 Å². The summed E-state index contributed by atoms with van der Waals surface area (Å²) in [6.07, 6.45) is 1.86. The van der Waals surface area contributed by atoms with Gasteiger partial charge in [0.25, 0.3) is 5.91 Å². The topological polar surface area (TPSA) is 189 Å². The maximum absolute atomic E-state index is 14.1. The number of urea groups is 1. The molecule has 4 aromatic rings. The number of piperazine rings is 1. The summed E-state index contributed by atoms with van der Waals surface area (Å²) >= 11 is 0. The molecule has 3 amide bonds. The molecule has 47 heavy (non-hydrogen) atoms. The molecule has 2 aromatic carbocycles. The van der Waals surface area contributed by atoms with Gasteiger partial charge in [0.2, 0.25) is 27.8 Å². The molecule has 18 heteroatoms. The summed E-state index contributed by atoms with van der Waals surface area (Å²) in [6.45, 7) is 2.32. The van der Waals surface area contributed by atoms with Gasteiger partial charge in [-0.2, -0.15) is 14.0 Å². The molecular formula is C29H28F2N10O5S. The molecule has 0 bridgehead atoms. The van der Waals surface area contributed by atoms with Gasteiger partial charge in [0.15, 0.2) is 0 Å². The fourth-order valence-electron chi connectivity index (χ4n) is 5.16. The van der Waals surface area contributed by atoms with Gasteiger partial charge < -0.3 is 11.1 Å². The van der Waals surface area contributed by atoms with Crippen LogP contribution in [0.5, 0.6) is 0 Å². The number of hydrogen-bond acceptors (Lipinski definition) is 11. The largest absolute Gasteiger partial charge is 0.368 e. The van der Waals surface area contributed by atoms with Crippen LogP contribution in [0.2, 0.25) is 0 Å². The van der Waals surface area contributed by atoms with E-state index in [0.29, 0.717) is 35.8 Å². The molecule has 4 N–H and O–H groups in total. The third-order valence-electron chi connectivity index (χ3n) is 7.63. The number of amides is 3. The Morgan fingerprint density at radius 3 is 2.30 bits per heavy atom. The number of pyridine rings is 1. The van der Waals surface area contributed by atoms with Crippen LogP contribution < -0.4 is 21.3 Å². The zero-order chi connectivity index (χ0) is 33.3.